The Bertz CT molecular complexity index is 1190. The van der Waals surface area contributed by atoms with Crippen molar-refractivity contribution in [2.45, 2.75) is 65.3 Å². The Hall–Kier alpha value is -3.36. The van der Waals surface area contributed by atoms with E-state index in [1.807, 2.05) is 19.1 Å². The third-order valence-electron chi connectivity index (χ3n) is 5.61. The van der Waals surface area contributed by atoms with E-state index < -0.39 is 17.3 Å². The molecule has 3 aromatic rings. The number of hydrogen-bond donors (Lipinski definition) is 0. The molecular formula is C25H28F3N3O3. The van der Waals surface area contributed by atoms with Crippen LogP contribution >= 0.6 is 0 Å². The van der Waals surface area contributed by atoms with Crippen molar-refractivity contribution < 1.29 is 22.7 Å². The van der Waals surface area contributed by atoms with E-state index in [-0.39, 0.29) is 17.2 Å². The molecule has 2 aromatic carbocycles. The maximum Gasteiger partial charge on any atom is 0.416 e. The number of nitrogens with zero attached hydrogens (tertiary/aromatic N) is 3. The quantitative estimate of drug-likeness (QED) is 0.437. The maximum absolute atomic E-state index is 12.9. The molecule has 182 valence electrons. The Morgan fingerprint density at radius 3 is 2.15 bits per heavy atom. The van der Waals surface area contributed by atoms with Crippen LogP contribution in [0.3, 0.4) is 0 Å². The Labute approximate surface area is 196 Å². The Kier molecular flexibility index (Phi) is 7.33. The van der Waals surface area contributed by atoms with Gasteiger partial charge in [-0.25, -0.2) is 4.79 Å². The molecule has 6 nitrogen and oxygen atoms in total. The summed E-state index contributed by atoms with van der Waals surface area (Å²) in [5, 5.41) is 4.41. The molecule has 1 aromatic heterocycles. The van der Waals surface area contributed by atoms with E-state index in [0.717, 1.165) is 22.4 Å². The predicted octanol–water partition coefficient (Wildman–Crippen LogP) is 4.99. The number of benzene rings is 2. The van der Waals surface area contributed by atoms with Crippen molar-refractivity contribution in [1.29, 1.82) is 0 Å². The molecule has 3 rings (SSSR count). The van der Waals surface area contributed by atoms with Gasteiger partial charge in [-0.15, -0.1) is 5.10 Å². The lowest BCUT2D eigenvalue weighted by molar-refractivity contribution is -0.137. The van der Waals surface area contributed by atoms with E-state index >= 15 is 0 Å². The summed E-state index contributed by atoms with van der Waals surface area (Å²) in [5.74, 6) is 1.07. The van der Waals surface area contributed by atoms with Gasteiger partial charge in [0, 0.05) is 13.0 Å². The fourth-order valence-electron chi connectivity index (χ4n) is 3.38. The molecule has 0 aliphatic rings. The zero-order valence-electron chi connectivity index (χ0n) is 19.6. The van der Waals surface area contributed by atoms with Gasteiger partial charge >= 0.3 is 11.9 Å². The molecule has 1 heterocycles. The molecule has 0 radical (unpaired) electrons. The largest absolute Gasteiger partial charge is 0.480 e. The summed E-state index contributed by atoms with van der Waals surface area (Å²) in [6.45, 7) is 7.30. The minimum atomic E-state index is -4.45. The van der Waals surface area contributed by atoms with E-state index in [2.05, 4.69) is 5.10 Å². The fourth-order valence-corrected chi connectivity index (χ4v) is 3.38. The molecule has 0 aliphatic heterocycles. The molecule has 0 aliphatic carbocycles. The lowest BCUT2D eigenvalue weighted by Crippen LogP contribution is -2.36. The minimum Gasteiger partial charge on any atom is -0.480 e. The Morgan fingerprint density at radius 1 is 1.00 bits per heavy atom. The van der Waals surface area contributed by atoms with Gasteiger partial charge in [0.25, 0.3) is 0 Å². The average molecular weight is 476 g/mol. The molecule has 0 bridgehead atoms. The number of aromatic nitrogens is 3. The zero-order valence-corrected chi connectivity index (χ0v) is 19.6. The third-order valence-corrected chi connectivity index (χ3v) is 5.61. The highest BCUT2D eigenvalue weighted by atomic mass is 19.4. The number of ether oxygens (including phenoxy) is 1. The molecule has 0 amide bonds. The zero-order chi connectivity index (χ0) is 25.1. The summed E-state index contributed by atoms with van der Waals surface area (Å²) in [6.07, 6.45) is -2.66. The molecule has 0 N–H and O–H groups in total. The highest BCUT2D eigenvalue weighted by Crippen LogP contribution is 2.29. The molecule has 0 fully saturated rings. The standard InChI is InChI=1S/C25H28F3N3O3/c1-5-16-30-22(15-8-18-6-13-21(14-7-18)34-24(3,4)17(2)32)29-31(23(30)33)20-11-9-19(10-12-20)25(26,27)28/h6-7,9-14H,5,8,15-16H2,1-4H3. The minimum absolute atomic E-state index is 0.0749. The summed E-state index contributed by atoms with van der Waals surface area (Å²) < 4.78 is 47.0. The first-order chi connectivity index (χ1) is 15.9. The topological polar surface area (TPSA) is 66.1 Å². The van der Waals surface area contributed by atoms with Crippen LogP contribution < -0.4 is 10.4 Å². The molecular weight excluding hydrogens is 447 g/mol. The van der Waals surface area contributed by atoms with Crippen LogP contribution in [0.5, 0.6) is 5.75 Å². The summed E-state index contributed by atoms with van der Waals surface area (Å²) in [7, 11) is 0. The number of Topliss-reactive ketones (excluding diaryl/α,β-unsaturated/α-hetero) is 1. The number of carbonyl (C=O) groups is 1. The first kappa shape index (κ1) is 25.3. The molecule has 0 spiro atoms. The Balaban J connectivity index is 1.78. The maximum atomic E-state index is 12.9. The van der Waals surface area contributed by atoms with Gasteiger partial charge in [-0.3, -0.25) is 9.36 Å². The van der Waals surface area contributed by atoms with E-state index in [1.165, 1.54) is 19.1 Å². The van der Waals surface area contributed by atoms with Crippen LogP contribution in [-0.2, 0) is 30.4 Å². The lowest BCUT2D eigenvalue weighted by Gasteiger charge is -2.23. The van der Waals surface area contributed by atoms with Gasteiger partial charge in [-0.2, -0.15) is 17.9 Å². The summed E-state index contributed by atoms with van der Waals surface area (Å²) >= 11 is 0. The van der Waals surface area contributed by atoms with Crippen LogP contribution in [0.2, 0.25) is 0 Å². The highest BCUT2D eigenvalue weighted by molar-refractivity contribution is 5.84. The normalized spacial score (nSPS) is 12.1. The number of carbonyl (C=O) groups excluding carboxylic acids is 1. The van der Waals surface area contributed by atoms with Crippen LogP contribution in [0.15, 0.2) is 53.3 Å². The smallest absolute Gasteiger partial charge is 0.416 e. The van der Waals surface area contributed by atoms with Crippen molar-refractivity contribution >= 4 is 5.78 Å². The van der Waals surface area contributed by atoms with Crippen molar-refractivity contribution in [3.05, 3.63) is 76.0 Å². The van der Waals surface area contributed by atoms with Gasteiger partial charge in [-0.05, 0) is 75.6 Å². The number of ketones is 1. The van der Waals surface area contributed by atoms with E-state index in [4.69, 9.17) is 4.74 Å². The van der Waals surface area contributed by atoms with Gasteiger partial charge in [0.1, 0.15) is 11.6 Å². The average Bonchev–Trinajstić information content (AvgIpc) is 3.08. The van der Waals surface area contributed by atoms with Crippen molar-refractivity contribution in [3.8, 4) is 11.4 Å². The molecule has 9 heteroatoms. The second-order valence-electron chi connectivity index (χ2n) is 8.62. The molecule has 0 atom stereocenters. The second kappa shape index (κ2) is 9.87. The van der Waals surface area contributed by atoms with Gasteiger partial charge < -0.3 is 4.74 Å². The first-order valence-corrected chi connectivity index (χ1v) is 11.1. The number of aryl methyl sites for hydroxylation is 2. The lowest BCUT2D eigenvalue weighted by atomic mass is 10.0. The van der Waals surface area contributed by atoms with Crippen LogP contribution in [0.4, 0.5) is 13.2 Å². The second-order valence-corrected chi connectivity index (χ2v) is 8.62. The molecule has 0 saturated carbocycles. The number of rotatable bonds is 9. The highest BCUT2D eigenvalue weighted by Gasteiger charge is 2.30. The van der Waals surface area contributed by atoms with E-state index in [9.17, 15) is 22.8 Å². The van der Waals surface area contributed by atoms with Crippen molar-refractivity contribution in [3.63, 3.8) is 0 Å². The van der Waals surface area contributed by atoms with Gasteiger partial charge in [-0.1, -0.05) is 19.1 Å². The third kappa shape index (κ3) is 5.76. The number of hydrogen-bond acceptors (Lipinski definition) is 4. The molecule has 0 saturated heterocycles. The van der Waals surface area contributed by atoms with Crippen molar-refractivity contribution in [1.82, 2.24) is 14.3 Å². The van der Waals surface area contributed by atoms with Gasteiger partial charge in [0.2, 0.25) is 0 Å². The van der Waals surface area contributed by atoms with Crippen LogP contribution in [0.1, 0.15) is 51.1 Å². The molecule has 34 heavy (non-hydrogen) atoms. The first-order valence-electron chi connectivity index (χ1n) is 11.1. The fraction of sp³-hybridized carbons (Fsp3) is 0.400. The number of halogens is 3. The van der Waals surface area contributed by atoms with Crippen molar-refractivity contribution in [2.75, 3.05) is 0 Å². The SMILES string of the molecule is CCCn1c(CCc2ccc(OC(C)(C)C(C)=O)cc2)nn(-c2ccc(C(F)(F)F)cc2)c1=O. The summed E-state index contributed by atoms with van der Waals surface area (Å²) in [6, 6.07) is 11.7. The number of alkyl halides is 3. The van der Waals surface area contributed by atoms with Crippen molar-refractivity contribution in [2.24, 2.45) is 0 Å². The van der Waals surface area contributed by atoms with Gasteiger partial charge in [0.15, 0.2) is 11.4 Å². The Morgan fingerprint density at radius 2 is 1.62 bits per heavy atom. The van der Waals surface area contributed by atoms with E-state index in [0.29, 0.717) is 37.4 Å². The predicted molar refractivity (Wildman–Crippen MR) is 122 cm³/mol. The van der Waals surface area contributed by atoms with Crippen LogP contribution in [0, 0.1) is 0 Å². The van der Waals surface area contributed by atoms with Crippen LogP contribution in [0.25, 0.3) is 5.69 Å². The monoisotopic (exact) mass is 475 g/mol. The van der Waals surface area contributed by atoms with Gasteiger partial charge in [0.05, 0.1) is 11.3 Å². The molecule has 0 unspecified atom stereocenters. The summed E-state index contributed by atoms with van der Waals surface area (Å²) in [5.41, 5.74) is -0.803. The summed E-state index contributed by atoms with van der Waals surface area (Å²) in [4.78, 5) is 24.6. The van der Waals surface area contributed by atoms with E-state index in [1.54, 1.807) is 30.5 Å². The van der Waals surface area contributed by atoms with Crippen LogP contribution in [-0.4, -0.2) is 25.7 Å².